The quantitative estimate of drug-likeness (QED) is 0.438. The summed E-state index contributed by atoms with van der Waals surface area (Å²) >= 11 is 6.41. The molecule has 2 aliphatic rings. The first-order valence-corrected chi connectivity index (χ1v) is 12.6. The van der Waals surface area contributed by atoms with Gasteiger partial charge in [-0.05, 0) is 61.2 Å². The Bertz CT molecular complexity index is 1350. The fraction of sp³-hybridized carbons (Fsp3) is 0.286. The second kappa shape index (κ2) is 11.4. The molecule has 8 heteroatoms. The lowest BCUT2D eigenvalue weighted by Crippen LogP contribution is -2.36. The lowest BCUT2D eigenvalue weighted by molar-refractivity contribution is -0.115. The Balaban J connectivity index is 1.85. The molecule has 7 nitrogen and oxygen atoms in total. The first-order chi connectivity index (χ1) is 17.4. The third-order valence-electron chi connectivity index (χ3n) is 6.13. The molecule has 0 fully saturated rings. The van der Waals surface area contributed by atoms with Crippen molar-refractivity contribution in [3.63, 3.8) is 0 Å². The first kappa shape index (κ1) is 25.4. The lowest BCUT2D eigenvalue weighted by atomic mass is 10.00. The first-order valence-electron chi connectivity index (χ1n) is 12.2. The predicted octanol–water partition coefficient (Wildman–Crippen LogP) is 5.01. The van der Waals surface area contributed by atoms with E-state index in [1.807, 2.05) is 32.1 Å². The fourth-order valence-electron chi connectivity index (χ4n) is 3.92. The standard InChI is InChI=1S/C28H31ClN4O3/c1-4-6-10-36-23-12-19(11-21(29)14-23)24-13-20(17-33(28(24)35)22-8-7-9-30-15-22)25-16-31-26(18(3)5-2)32-27(25)34/h7-8,11-17,30-31H,4-6,9-10H2,1-3H3,(H,32,34)/b26-18+. The molecule has 2 aromatic rings. The molecule has 1 amide bonds. The van der Waals surface area contributed by atoms with Gasteiger partial charge in [0.05, 0.1) is 17.9 Å². The van der Waals surface area contributed by atoms with Gasteiger partial charge in [-0.15, -0.1) is 0 Å². The Morgan fingerprint density at radius 1 is 1.11 bits per heavy atom. The number of benzene rings is 1. The highest BCUT2D eigenvalue weighted by atomic mass is 35.5. The summed E-state index contributed by atoms with van der Waals surface area (Å²) in [5.74, 6) is 1.04. The minimum absolute atomic E-state index is 0.229. The van der Waals surface area contributed by atoms with Crippen molar-refractivity contribution in [2.24, 2.45) is 0 Å². The molecular formula is C28H31ClN4O3. The number of unbranched alkanes of at least 4 members (excludes halogenated alkanes) is 1. The highest BCUT2D eigenvalue weighted by molar-refractivity contribution is 6.31. The number of nitrogens with one attached hydrogen (secondary N) is 3. The molecule has 0 unspecified atom stereocenters. The maximum absolute atomic E-state index is 13.7. The molecule has 0 atom stereocenters. The van der Waals surface area contributed by atoms with Crippen molar-refractivity contribution in [2.45, 2.75) is 40.0 Å². The Kier molecular flexibility index (Phi) is 8.00. The van der Waals surface area contributed by atoms with Crippen LogP contribution < -0.4 is 26.2 Å². The van der Waals surface area contributed by atoms with E-state index in [9.17, 15) is 9.59 Å². The summed E-state index contributed by atoms with van der Waals surface area (Å²) in [6, 6.07) is 7.02. The second-order valence-electron chi connectivity index (χ2n) is 8.74. The molecule has 0 aliphatic carbocycles. The van der Waals surface area contributed by atoms with Crippen molar-refractivity contribution in [3.05, 3.63) is 87.3 Å². The van der Waals surface area contributed by atoms with Crippen LogP contribution in [0, 0.1) is 0 Å². The highest BCUT2D eigenvalue weighted by Gasteiger charge is 2.22. The summed E-state index contributed by atoms with van der Waals surface area (Å²) in [7, 11) is 0. The van der Waals surface area contributed by atoms with Crippen LogP contribution >= 0.6 is 11.6 Å². The van der Waals surface area contributed by atoms with Crippen molar-refractivity contribution in [3.8, 4) is 16.9 Å². The molecule has 0 saturated heterocycles. The van der Waals surface area contributed by atoms with E-state index in [0.29, 0.717) is 57.7 Å². The molecule has 0 saturated carbocycles. The van der Waals surface area contributed by atoms with Gasteiger partial charge in [0, 0.05) is 41.3 Å². The summed E-state index contributed by atoms with van der Waals surface area (Å²) < 4.78 is 7.41. The van der Waals surface area contributed by atoms with Crippen LogP contribution in [0.5, 0.6) is 5.75 Å². The summed E-state index contributed by atoms with van der Waals surface area (Å²) in [6.45, 7) is 7.34. The normalized spacial score (nSPS) is 16.4. The van der Waals surface area contributed by atoms with Gasteiger partial charge in [0.15, 0.2) is 0 Å². The number of aromatic nitrogens is 1. The van der Waals surface area contributed by atoms with Gasteiger partial charge >= 0.3 is 0 Å². The topological polar surface area (TPSA) is 84.4 Å². The smallest absolute Gasteiger partial charge is 0.263 e. The van der Waals surface area contributed by atoms with Crippen LogP contribution in [0.3, 0.4) is 0 Å². The Labute approximate surface area is 216 Å². The largest absolute Gasteiger partial charge is 0.494 e. The van der Waals surface area contributed by atoms with E-state index in [4.69, 9.17) is 16.3 Å². The zero-order chi connectivity index (χ0) is 25.7. The average Bonchev–Trinajstić information content (AvgIpc) is 2.88. The number of nitrogens with zero attached hydrogens (tertiary/aromatic N) is 1. The lowest BCUT2D eigenvalue weighted by Gasteiger charge is -2.22. The van der Waals surface area contributed by atoms with Gasteiger partial charge in [-0.3, -0.25) is 14.2 Å². The van der Waals surface area contributed by atoms with Crippen LogP contribution in [-0.2, 0) is 4.79 Å². The molecule has 3 heterocycles. The number of hydrogen-bond donors (Lipinski definition) is 3. The maximum Gasteiger partial charge on any atom is 0.263 e. The number of ether oxygens (including phenoxy) is 1. The minimum Gasteiger partial charge on any atom is -0.494 e. The molecule has 188 valence electrons. The fourth-order valence-corrected chi connectivity index (χ4v) is 4.15. The predicted molar refractivity (Wildman–Crippen MR) is 145 cm³/mol. The van der Waals surface area contributed by atoms with E-state index >= 15 is 0 Å². The summed E-state index contributed by atoms with van der Waals surface area (Å²) in [6.07, 6.45) is 11.7. The van der Waals surface area contributed by atoms with E-state index in [1.54, 1.807) is 41.4 Å². The van der Waals surface area contributed by atoms with Gasteiger partial charge in [0.2, 0.25) is 0 Å². The SMILES string of the molecule is CCCCOc1cc(Cl)cc(-c2cc(C3=CN/C(=C(/C)CC)NC3=O)cn(C3=CNCC=C3)c2=O)c1. The second-order valence-corrected chi connectivity index (χ2v) is 9.18. The number of hydrogen-bond acceptors (Lipinski definition) is 5. The highest BCUT2D eigenvalue weighted by Crippen LogP contribution is 2.30. The Hall–Kier alpha value is -3.71. The van der Waals surface area contributed by atoms with E-state index in [-0.39, 0.29) is 11.5 Å². The van der Waals surface area contributed by atoms with Crippen LogP contribution in [0.25, 0.3) is 22.4 Å². The van der Waals surface area contributed by atoms with Crippen molar-refractivity contribution in [1.82, 2.24) is 20.5 Å². The summed E-state index contributed by atoms with van der Waals surface area (Å²) in [5, 5.41) is 9.72. The van der Waals surface area contributed by atoms with E-state index in [0.717, 1.165) is 24.8 Å². The van der Waals surface area contributed by atoms with Gasteiger partial charge < -0.3 is 20.7 Å². The molecule has 1 aromatic carbocycles. The van der Waals surface area contributed by atoms with Crippen LogP contribution in [0.4, 0.5) is 0 Å². The van der Waals surface area contributed by atoms with Crippen molar-refractivity contribution in [1.29, 1.82) is 0 Å². The third-order valence-corrected chi connectivity index (χ3v) is 6.35. The molecule has 3 N–H and O–H groups in total. The molecule has 2 aliphatic heterocycles. The number of carbonyl (C=O) groups excluding carboxylic acids is 1. The molecule has 0 spiro atoms. The number of dihydropyridines is 1. The number of carbonyl (C=O) groups is 1. The van der Waals surface area contributed by atoms with Crippen molar-refractivity contribution < 1.29 is 9.53 Å². The zero-order valence-electron chi connectivity index (χ0n) is 20.8. The molecule has 1 aromatic heterocycles. The molecular weight excluding hydrogens is 476 g/mol. The van der Waals surface area contributed by atoms with Crippen LogP contribution in [0.2, 0.25) is 5.02 Å². The molecule has 0 bridgehead atoms. The van der Waals surface area contributed by atoms with Gasteiger partial charge in [0.25, 0.3) is 11.5 Å². The zero-order valence-corrected chi connectivity index (χ0v) is 21.5. The van der Waals surface area contributed by atoms with Crippen molar-refractivity contribution in [2.75, 3.05) is 13.2 Å². The average molecular weight is 507 g/mol. The number of amides is 1. The van der Waals surface area contributed by atoms with Crippen LogP contribution in [0.15, 0.2) is 71.2 Å². The molecule has 0 radical (unpaired) electrons. The van der Waals surface area contributed by atoms with E-state index in [1.165, 1.54) is 0 Å². The van der Waals surface area contributed by atoms with Crippen LogP contribution in [0.1, 0.15) is 45.6 Å². The number of halogens is 1. The van der Waals surface area contributed by atoms with Gasteiger partial charge in [-0.25, -0.2) is 0 Å². The molecule has 4 rings (SSSR count). The van der Waals surface area contributed by atoms with Gasteiger partial charge in [0.1, 0.15) is 11.6 Å². The monoisotopic (exact) mass is 506 g/mol. The number of pyridine rings is 1. The molecule has 36 heavy (non-hydrogen) atoms. The van der Waals surface area contributed by atoms with Crippen LogP contribution in [-0.4, -0.2) is 23.6 Å². The van der Waals surface area contributed by atoms with E-state index < -0.39 is 0 Å². The van der Waals surface area contributed by atoms with Crippen molar-refractivity contribution >= 4 is 28.8 Å². The maximum atomic E-state index is 13.7. The minimum atomic E-state index is -0.242. The van der Waals surface area contributed by atoms with Gasteiger partial charge in [-0.1, -0.05) is 37.9 Å². The Morgan fingerprint density at radius 2 is 1.94 bits per heavy atom. The third kappa shape index (κ3) is 5.57. The summed E-state index contributed by atoms with van der Waals surface area (Å²) in [4.78, 5) is 26.8. The van der Waals surface area contributed by atoms with E-state index in [2.05, 4.69) is 22.9 Å². The number of rotatable bonds is 8. The number of allylic oxidation sites excluding steroid dienone is 3. The Morgan fingerprint density at radius 3 is 2.64 bits per heavy atom. The summed E-state index contributed by atoms with van der Waals surface area (Å²) in [5.41, 5.74) is 3.53. The van der Waals surface area contributed by atoms with Gasteiger partial charge in [-0.2, -0.15) is 0 Å².